The quantitative estimate of drug-likeness (QED) is 0.895. The summed E-state index contributed by atoms with van der Waals surface area (Å²) in [6.45, 7) is 4.47. The number of carbonyl (C=O) groups is 1. The van der Waals surface area contributed by atoms with Crippen LogP contribution in [-0.2, 0) is 16.1 Å². The maximum atomic E-state index is 12.0. The number of benzene rings is 2. The van der Waals surface area contributed by atoms with Gasteiger partial charge in [-0.05, 0) is 23.6 Å². The van der Waals surface area contributed by atoms with Gasteiger partial charge < -0.3 is 15.4 Å². The maximum absolute atomic E-state index is 12.0. The van der Waals surface area contributed by atoms with Crippen molar-refractivity contribution in [2.75, 3.05) is 19.8 Å². The Morgan fingerprint density at radius 2 is 2.00 bits per heavy atom. The van der Waals surface area contributed by atoms with Crippen LogP contribution in [0.1, 0.15) is 11.1 Å². The zero-order valence-electron chi connectivity index (χ0n) is 13.7. The van der Waals surface area contributed by atoms with Gasteiger partial charge in [0.15, 0.2) is 0 Å². The van der Waals surface area contributed by atoms with Gasteiger partial charge in [0.1, 0.15) is 6.04 Å². The summed E-state index contributed by atoms with van der Waals surface area (Å²) in [6.07, 6.45) is 0. The van der Waals surface area contributed by atoms with E-state index < -0.39 is 0 Å². The predicted octanol–water partition coefficient (Wildman–Crippen LogP) is 2.69. The van der Waals surface area contributed by atoms with Crippen molar-refractivity contribution in [3.63, 3.8) is 0 Å². The molecule has 0 saturated carbocycles. The molecule has 1 heterocycles. The minimum absolute atomic E-state index is 0. The Morgan fingerprint density at radius 1 is 1.21 bits per heavy atom. The minimum Gasteiger partial charge on any atom is -0.378 e. The van der Waals surface area contributed by atoms with E-state index in [9.17, 15) is 4.79 Å². The minimum atomic E-state index is -0.240. The van der Waals surface area contributed by atoms with Crippen molar-refractivity contribution in [1.82, 2.24) is 10.6 Å². The second-order valence-electron chi connectivity index (χ2n) is 5.87. The molecule has 4 nitrogen and oxygen atoms in total. The third-order valence-corrected chi connectivity index (χ3v) is 4.01. The number of morpholine rings is 1. The highest BCUT2D eigenvalue weighted by Gasteiger charge is 2.20. The molecule has 3 rings (SSSR count). The first-order chi connectivity index (χ1) is 11.2. The molecule has 2 aromatic rings. The van der Waals surface area contributed by atoms with E-state index in [0.29, 0.717) is 19.8 Å². The Labute approximate surface area is 149 Å². The largest absolute Gasteiger partial charge is 0.378 e. The number of carbonyl (C=O) groups excluding carboxylic acids is 1. The van der Waals surface area contributed by atoms with Crippen LogP contribution in [0.3, 0.4) is 0 Å². The average Bonchev–Trinajstić information content (AvgIpc) is 2.61. The van der Waals surface area contributed by atoms with Crippen molar-refractivity contribution in [2.24, 2.45) is 0 Å². The van der Waals surface area contributed by atoms with E-state index in [1.54, 1.807) is 0 Å². The molecule has 0 bridgehead atoms. The first kappa shape index (κ1) is 18.5. The summed E-state index contributed by atoms with van der Waals surface area (Å²) in [4.78, 5) is 12.0. The summed E-state index contributed by atoms with van der Waals surface area (Å²) in [5, 5.41) is 6.11. The van der Waals surface area contributed by atoms with E-state index in [0.717, 1.165) is 12.1 Å². The number of rotatable bonds is 4. The van der Waals surface area contributed by atoms with E-state index in [4.69, 9.17) is 4.74 Å². The molecule has 2 N–H and O–H groups in total. The molecule has 1 aliphatic heterocycles. The van der Waals surface area contributed by atoms with Gasteiger partial charge in [-0.3, -0.25) is 4.79 Å². The molecule has 1 amide bonds. The molecule has 1 atom stereocenters. The highest BCUT2D eigenvalue weighted by Crippen LogP contribution is 2.20. The lowest BCUT2D eigenvalue weighted by Gasteiger charge is -2.22. The van der Waals surface area contributed by atoms with E-state index in [1.807, 2.05) is 0 Å². The number of hydrogen-bond donors (Lipinski definition) is 2. The SMILES string of the molecule is Cc1cccc(-c2ccc(CNC(=O)C3COCCN3)cc2)c1.Cl. The summed E-state index contributed by atoms with van der Waals surface area (Å²) in [5.41, 5.74) is 4.74. The first-order valence-corrected chi connectivity index (χ1v) is 7.97. The monoisotopic (exact) mass is 346 g/mol. The standard InChI is InChI=1S/C19H22N2O2.ClH/c1-14-3-2-4-17(11-14)16-7-5-15(6-8-16)12-21-19(22)18-13-23-10-9-20-18;/h2-8,11,18,20H,9-10,12-13H2,1H3,(H,21,22);1H. The van der Waals surface area contributed by atoms with E-state index in [2.05, 4.69) is 66.1 Å². The predicted molar refractivity (Wildman–Crippen MR) is 98.3 cm³/mol. The van der Waals surface area contributed by atoms with Crippen LogP contribution in [-0.4, -0.2) is 31.7 Å². The summed E-state index contributed by atoms with van der Waals surface area (Å²) in [7, 11) is 0. The van der Waals surface area contributed by atoms with E-state index in [-0.39, 0.29) is 24.4 Å². The molecule has 0 spiro atoms. The van der Waals surface area contributed by atoms with Gasteiger partial charge in [0, 0.05) is 13.1 Å². The number of nitrogens with one attached hydrogen (secondary N) is 2. The van der Waals surface area contributed by atoms with Gasteiger partial charge in [-0.2, -0.15) is 0 Å². The van der Waals surface area contributed by atoms with Gasteiger partial charge in [-0.15, -0.1) is 12.4 Å². The second kappa shape index (κ2) is 8.83. The number of amides is 1. The van der Waals surface area contributed by atoms with Crippen LogP contribution in [0, 0.1) is 6.92 Å². The van der Waals surface area contributed by atoms with E-state index >= 15 is 0 Å². The molecule has 0 radical (unpaired) electrons. The fourth-order valence-electron chi connectivity index (χ4n) is 2.69. The summed E-state index contributed by atoms with van der Waals surface area (Å²) in [6, 6.07) is 16.5. The third kappa shape index (κ3) is 4.81. The van der Waals surface area contributed by atoms with Gasteiger partial charge in [0.25, 0.3) is 0 Å². The molecule has 0 aliphatic carbocycles. The highest BCUT2D eigenvalue weighted by atomic mass is 35.5. The summed E-state index contributed by atoms with van der Waals surface area (Å²) in [5.74, 6) is -0.00698. The summed E-state index contributed by atoms with van der Waals surface area (Å²) >= 11 is 0. The number of ether oxygens (including phenoxy) is 1. The zero-order chi connectivity index (χ0) is 16.1. The van der Waals surface area contributed by atoms with Crippen molar-refractivity contribution in [3.05, 3.63) is 59.7 Å². The van der Waals surface area contributed by atoms with Gasteiger partial charge in [0.05, 0.1) is 13.2 Å². The molecule has 1 aliphatic rings. The lowest BCUT2D eigenvalue weighted by molar-refractivity contribution is -0.126. The average molecular weight is 347 g/mol. The molecular weight excluding hydrogens is 324 g/mol. The molecular formula is C19H23ClN2O2. The van der Waals surface area contributed by atoms with Crippen molar-refractivity contribution in [2.45, 2.75) is 19.5 Å². The first-order valence-electron chi connectivity index (χ1n) is 7.97. The highest BCUT2D eigenvalue weighted by molar-refractivity contribution is 5.85. The Balaban J connectivity index is 0.00000208. The smallest absolute Gasteiger partial charge is 0.239 e. The Morgan fingerprint density at radius 3 is 2.67 bits per heavy atom. The maximum Gasteiger partial charge on any atom is 0.239 e. The Hall–Kier alpha value is -1.88. The van der Waals surface area contributed by atoms with Gasteiger partial charge in [-0.1, -0.05) is 54.1 Å². The van der Waals surface area contributed by atoms with Crippen molar-refractivity contribution in [3.8, 4) is 11.1 Å². The number of aryl methyl sites for hydroxylation is 1. The molecule has 128 valence electrons. The second-order valence-corrected chi connectivity index (χ2v) is 5.87. The zero-order valence-corrected chi connectivity index (χ0v) is 14.6. The lowest BCUT2D eigenvalue weighted by Crippen LogP contribution is -2.51. The topological polar surface area (TPSA) is 50.4 Å². The van der Waals surface area contributed by atoms with Crippen LogP contribution >= 0.6 is 12.4 Å². The molecule has 1 fully saturated rings. The fourth-order valence-corrected chi connectivity index (χ4v) is 2.69. The van der Waals surface area contributed by atoms with E-state index in [1.165, 1.54) is 16.7 Å². The number of halogens is 1. The third-order valence-electron chi connectivity index (χ3n) is 4.01. The molecule has 24 heavy (non-hydrogen) atoms. The lowest BCUT2D eigenvalue weighted by atomic mass is 10.0. The fraction of sp³-hybridized carbons (Fsp3) is 0.316. The van der Waals surface area contributed by atoms with Crippen molar-refractivity contribution < 1.29 is 9.53 Å². The van der Waals surface area contributed by atoms with Crippen LogP contribution in [0.5, 0.6) is 0 Å². The molecule has 0 aromatic heterocycles. The molecule has 2 aromatic carbocycles. The molecule has 5 heteroatoms. The summed E-state index contributed by atoms with van der Waals surface area (Å²) < 4.78 is 5.31. The van der Waals surface area contributed by atoms with Crippen LogP contribution in [0.2, 0.25) is 0 Å². The van der Waals surface area contributed by atoms with Gasteiger partial charge in [0.2, 0.25) is 5.91 Å². The van der Waals surface area contributed by atoms with Gasteiger partial charge in [-0.25, -0.2) is 0 Å². The van der Waals surface area contributed by atoms with Crippen LogP contribution < -0.4 is 10.6 Å². The van der Waals surface area contributed by atoms with Crippen LogP contribution in [0.15, 0.2) is 48.5 Å². The normalized spacial score (nSPS) is 17.0. The Kier molecular flexibility index (Phi) is 6.79. The number of hydrogen-bond acceptors (Lipinski definition) is 3. The van der Waals surface area contributed by atoms with Crippen LogP contribution in [0.25, 0.3) is 11.1 Å². The molecule has 1 saturated heterocycles. The van der Waals surface area contributed by atoms with Crippen LogP contribution in [0.4, 0.5) is 0 Å². The van der Waals surface area contributed by atoms with Gasteiger partial charge >= 0.3 is 0 Å². The Bertz CT molecular complexity index is 667. The molecule has 1 unspecified atom stereocenters. The van der Waals surface area contributed by atoms with Crippen molar-refractivity contribution in [1.29, 1.82) is 0 Å². The van der Waals surface area contributed by atoms with Crippen molar-refractivity contribution >= 4 is 18.3 Å².